The molecule has 0 atom stereocenters. The van der Waals surface area contributed by atoms with Crippen molar-refractivity contribution >= 4 is 28.8 Å². The Bertz CT molecular complexity index is 1450. The van der Waals surface area contributed by atoms with E-state index >= 15 is 0 Å². The summed E-state index contributed by atoms with van der Waals surface area (Å²) >= 11 is 5.84. The van der Waals surface area contributed by atoms with Crippen molar-refractivity contribution in [2.45, 2.75) is 33.0 Å². The van der Waals surface area contributed by atoms with E-state index in [-0.39, 0.29) is 16.1 Å². The van der Waals surface area contributed by atoms with Gasteiger partial charge in [-0.2, -0.15) is 9.61 Å². The van der Waals surface area contributed by atoms with Crippen molar-refractivity contribution in [1.82, 2.24) is 19.1 Å². The van der Waals surface area contributed by atoms with E-state index in [2.05, 4.69) is 27.4 Å². The lowest BCUT2D eigenvalue weighted by Crippen LogP contribution is -2.38. The SMILES string of the molecule is CCn1c2c(c(=O)n3ncc(C(=O)Nc4ccc(F)c(Cl)c4)c13)CN(Cc1ccccc1)CC2. The van der Waals surface area contributed by atoms with Crippen LogP contribution in [0.2, 0.25) is 5.02 Å². The van der Waals surface area contributed by atoms with Crippen LogP contribution in [0, 0.1) is 5.82 Å². The molecule has 3 heterocycles. The zero-order valence-electron chi connectivity index (χ0n) is 18.6. The molecule has 1 N–H and O–H groups in total. The molecule has 4 aromatic rings. The van der Waals surface area contributed by atoms with Gasteiger partial charge in [0.1, 0.15) is 11.4 Å². The second kappa shape index (κ2) is 9.04. The maximum Gasteiger partial charge on any atom is 0.279 e. The first-order valence-electron chi connectivity index (χ1n) is 11.1. The lowest BCUT2D eigenvalue weighted by Gasteiger charge is -2.30. The molecule has 2 aromatic heterocycles. The van der Waals surface area contributed by atoms with Gasteiger partial charge in [-0.3, -0.25) is 14.5 Å². The normalized spacial score (nSPS) is 13.7. The molecule has 1 amide bonds. The topological polar surface area (TPSA) is 71.6 Å². The van der Waals surface area contributed by atoms with Crippen molar-refractivity contribution < 1.29 is 9.18 Å². The third-order valence-corrected chi connectivity index (χ3v) is 6.45. The molecule has 0 fully saturated rings. The number of nitrogens with zero attached hydrogens (tertiary/aromatic N) is 4. The number of amides is 1. The average molecular weight is 480 g/mol. The molecule has 1 aliphatic rings. The van der Waals surface area contributed by atoms with E-state index in [0.29, 0.717) is 36.4 Å². The molecular weight excluding hydrogens is 457 g/mol. The Morgan fingerprint density at radius 1 is 1.21 bits per heavy atom. The molecule has 5 rings (SSSR count). The summed E-state index contributed by atoms with van der Waals surface area (Å²) in [5.41, 5.74) is 3.71. The van der Waals surface area contributed by atoms with E-state index in [4.69, 9.17) is 11.6 Å². The fourth-order valence-corrected chi connectivity index (χ4v) is 4.73. The summed E-state index contributed by atoms with van der Waals surface area (Å²) in [5, 5.41) is 6.89. The van der Waals surface area contributed by atoms with Gasteiger partial charge in [-0.15, -0.1) is 0 Å². The van der Waals surface area contributed by atoms with Crippen molar-refractivity contribution in [3.8, 4) is 0 Å². The van der Waals surface area contributed by atoms with E-state index < -0.39 is 11.7 Å². The van der Waals surface area contributed by atoms with Crippen LogP contribution in [0.3, 0.4) is 0 Å². The van der Waals surface area contributed by atoms with E-state index in [0.717, 1.165) is 18.8 Å². The van der Waals surface area contributed by atoms with Crippen LogP contribution in [-0.2, 0) is 26.1 Å². The van der Waals surface area contributed by atoms with Gasteiger partial charge in [0, 0.05) is 44.0 Å². The Morgan fingerprint density at radius 2 is 2.00 bits per heavy atom. The van der Waals surface area contributed by atoms with Gasteiger partial charge in [0.05, 0.1) is 16.8 Å². The Kier molecular flexibility index (Phi) is 5.93. The number of halogens is 2. The van der Waals surface area contributed by atoms with E-state index in [1.807, 2.05) is 29.7 Å². The zero-order chi connectivity index (χ0) is 23.8. The highest BCUT2D eigenvalue weighted by Crippen LogP contribution is 2.24. The molecular formula is C25H23ClFN5O2. The maximum atomic E-state index is 13.5. The highest BCUT2D eigenvalue weighted by molar-refractivity contribution is 6.31. The number of aryl methyl sites for hydroxylation is 1. The van der Waals surface area contributed by atoms with Gasteiger partial charge in [-0.1, -0.05) is 41.9 Å². The first-order chi connectivity index (χ1) is 16.5. The monoisotopic (exact) mass is 479 g/mol. The number of fused-ring (bicyclic) bond motifs is 2. The third-order valence-electron chi connectivity index (χ3n) is 6.16. The number of carbonyl (C=O) groups is 1. The quantitative estimate of drug-likeness (QED) is 0.467. The molecule has 0 radical (unpaired) electrons. The molecule has 7 nitrogen and oxygen atoms in total. The molecule has 0 saturated carbocycles. The number of aromatic nitrogens is 3. The van der Waals surface area contributed by atoms with Crippen LogP contribution in [0.25, 0.3) is 5.65 Å². The number of benzene rings is 2. The number of hydrogen-bond donors (Lipinski definition) is 1. The first kappa shape index (κ1) is 22.3. The van der Waals surface area contributed by atoms with Gasteiger partial charge in [0.25, 0.3) is 11.5 Å². The number of carbonyl (C=O) groups excluding carboxylic acids is 1. The molecule has 34 heavy (non-hydrogen) atoms. The van der Waals surface area contributed by atoms with Crippen LogP contribution < -0.4 is 10.9 Å². The Labute approximate surface area is 200 Å². The molecule has 0 spiro atoms. The minimum Gasteiger partial charge on any atom is -0.329 e. The molecule has 0 bridgehead atoms. The summed E-state index contributed by atoms with van der Waals surface area (Å²) in [5.74, 6) is -1.01. The van der Waals surface area contributed by atoms with Crippen LogP contribution in [0.15, 0.2) is 59.5 Å². The molecule has 1 aliphatic heterocycles. The van der Waals surface area contributed by atoms with Crippen LogP contribution in [0.5, 0.6) is 0 Å². The summed E-state index contributed by atoms with van der Waals surface area (Å²) in [6.07, 6.45) is 2.10. The van der Waals surface area contributed by atoms with Gasteiger partial charge in [0.15, 0.2) is 5.65 Å². The van der Waals surface area contributed by atoms with E-state index in [1.165, 1.54) is 34.5 Å². The Balaban J connectivity index is 1.50. The highest BCUT2D eigenvalue weighted by atomic mass is 35.5. The van der Waals surface area contributed by atoms with Gasteiger partial charge in [-0.25, -0.2) is 4.39 Å². The summed E-state index contributed by atoms with van der Waals surface area (Å²) in [6, 6.07) is 14.1. The Morgan fingerprint density at radius 3 is 2.74 bits per heavy atom. The van der Waals surface area contributed by atoms with Gasteiger partial charge in [0.2, 0.25) is 0 Å². The van der Waals surface area contributed by atoms with Crippen LogP contribution >= 0.6 is 11.6 Å². The minimum atomic E-state index is -0.566. The highest BCUT2D eigenvalue weighted by Gasteiger charge is 2.27. The van der Waals surface area contributed by atoms with Gasteiger partial charge >= 0.3 is 0 Å². The minimum absolute atomic E-state index is 0.0859. The lowest BCUT2D eigenvalue weighted by molar-refractivity contribution is 0.102. The summed E-state index contributed by atoms with van der Waals surface area (Å²) in [6.45, 7) is 4.65. The second-order valence-corrected chi connectivity index (χ2v) is 8.70. The molecule has 9 heteroatoms. The predicted octanol–water partition coefficient (Wildman–Crippen LogP) is 4.12. The third kappa shape index (κ3) is 3.99. The summed E-state index contributed by atoms with van der Waals surface area (Å²) in [7, 11) is 0. The number of nitrogens with one attached hydrogen (secondary N) is 1. The van der Waals surface area contributed by atoms with E-state index in [1.54, 1.807) is 0 Å². The van der Waals surface area contributed by atoms with Crippen molar-refractivity contribution in [1.29, 1.82) is 0 Å². The molecule has 2 aromatic carbocycles. The molecule has 0 unspecified atom stereocenters. The fourth-order valence-electron chi connectivity index (χ4n) is 4.55. The van der Waals surface area contributed by atoms with Crippen molar-refractivity contribution in [2.24, 2.45) is 0 Å². The van der Waals surface area contributed by atoms with Gasteiger partial charge < -0.3 is 9.88 Å². The molecule has 0 saturated heterocycles. The average Bonchev–Trinajstić information content (AvgIpc) is 3.28. The number of anilines is 1. The largest absolute Gasteiger partial charge is 0.329 e. The van der Waals surface area contributed by atoms with Crippen LogP contribution in [0.1, 0.15) is 34.1 Å². The Hall–Kier alpha value is -3.49. The molecule has 174 valence electrons. The van der Waals surface area contributed by atoms with E-state index in [9.17, 15) is 14.0 Å². The first-order valence-corrected chi connectivity index (χ1v) is 11.5. The number of hydrogen-bond acceptors (Lipinski definition) is 4. The van der Waals surface area contributed by atoms with Crippen molar-refractivity contribution in [3.63, 3.8) is 0 Å². The summed E-state index contributed by atoms with van der Waals surface area (Å²) < 4.78 is 16.8. The lowest BCUT2D eigenvalue weighted by atomic mass is 10.0. The standard InChI is InChI=1S/C25H23ClFN5O2/c1-2-31-22-10-11-30(14-16-6-4-3-5-7-16)15-19(22)25(34)32-24(31)18(13-28-32)23(33)29-17-8-9-21(27)20(26)12-17/h3-9,12-13H,2,10-11,14-15H2,1H3,(H,29,33). The van der Waals surface area contributed by atoms with Crippen molar-refractivity contribution in [3.05, 3.63) is 98.3 Å². The summed E-state index contributed by atoms with van der Waals surface area (Å²) in [4.78, 5) is 28.7. The zero-order valence-corrected chi connectivity index (χ0v) is 19.3. The smallest absolute Gasteiger partial charge is 0.279 e. The predicted molar refractivity (Wildman–Crippen MR) is 129 cm³/mol. The number of rotatable bonds is 5. The van der Waals surface area contributed by atoms with Gasteiger partial charge in [-0.05, 0) is 30.7 Å². The van der Waals surface area contributed by atoms with Crippen molar-refractivity contribution in [2.75, 3.05) is 11.9 Å². The molecule has 0 aliphatic carbocycles. The van der Waals surface area contributed by atoms with Crippen LogP contribution in [-0.4, -0.2) is 31.5 Å². The fraction of sp³-hybridized carbons (Fsp3) is 0.240. The van der Waals surface area contributed by atoms with Crippen LogP contribution in [0.4, 0.5) is 10.1 Å². The second-order valence-electron chi connectivity index (χ2n) is 8.30. The maximum absolute atomic E-state index is 13.5.